The molecule has 1 rings (SSSR count). The highest BCUT2D eigenvalue weighted by atomic mass is 16.3. The topological polar surface area (TPSA) is 47.9 Å². The Bertz CT molecular complexity index is 193. The highest BCUT2D eigenvalue weighted by Gasteiger charge is 2.18. The molecule has 1 heterocycles. The van der Waals surface area contributed by atoms with Gasteiger partial charge in [0, 0.05) is 13.6 Å². The number of likely N-dealkylation sites (N-methyl/N-ethyl adjacent to an activating group) is 1. The van der Waals surface area contributed by atoms with Crippen LogP contribution in [0.15, 0.2) is 4.99 Å². The molecule has 13 heavy (non-hydrogen) atoms. The van der Waals surface area contributed by atoms with E-state index in [1.807, 2.05) is 20.9 Å². The third-order valence-corrected chi connectivity index (χ3v) is 2.41. The van der Waals surface area contributed by atoms with Crippen molar-refractivity contribution in [2.75, 3.05) is 20.1 Å². The zero-order chi connectivity index (χ0) is 9.84. The van der Waals surface area contributed by atoms with Crippen molar-refractivity contribution in [1.82, 2.24) is 10.2 Å². The first kappa shape index (κ1) is 10.3. The third kappa shape index (κ3) is 2.59. The molecule has 0 amide bonds. The molecule has 0 saturated carbocycles. The summed E-state index contributed by atoms with van der Waals surface area (Å²) in [5.41, 5.74) is 0. The molecule has 1 aliphatic heterocycles. The van der Waals surface area contributed by atoms with Crippen LogP contribution in [-0.2, 0) is 0 Å². The Morgan fingerprint density at radius 3 is 2.85 bits per heavy atom. The Hall–Kier alpha value is -0.770. The first-order valence-corrected chi connectivity index (χ1v) is 4.85. The zero-order valence-corrected chi connectivity index (χ0v) is 8.62. The van der Waals surface area contributed by atoms with Gasteiger partial charge >= 0.3 is 0 Å². The summed E-state index contributed by atoms with van der Waals surface area (Å²) in [4.78, 5) is 6.36. The number of aliphatic hydroxyl groups excluding tert-OH is 1. The molecule has 0 fully saturated rings. The minimum Gasteiger partial charge on any atom is -0.391 e. The van der Waals surface area contributed by atoms with Crippen molar-refractivity contribution in [1.29, 1.82) is 0 Å². The van der Waals surface area contributed by atoms with Gasteiger partial charge in [0.2, 0.25) is 0 Å². The second-order valence-corrected chi connectivity index (χ2v) is 3.54. The molecule has 0 spiro atoms. The quantitative estimate of drug-likeness (QED) is 0.652. The van der Waals surface area contributed by atoms with Gasteiger partial charge < -0.3 is 15.3 Å². The van der Waals surface area contributed by atoms with Crippen LogP contribution < -0.4 is 5.32 Å². The van der Waals surface area contributed by atoms with E-state index in [9.17, 15) is 5.11 Å². The van der Waals surface area contributed by atoms with Crippen LogP contribution in [0.25, 0.3) is 0 Å². The maximum absolute atomic E-state index is 9.54. The Balaban J connectivity index is 2.39. The van der Waals surface area contributed by atoms with Crippen LogP contribution in [0.3, 0.4) is 0 Å². The van der Waals surface area contributed by atoms with E-state index in [1.54, 1.807) is 0 Å². The van der Waals surface area contributed by atoms with Gasteiger partial charge in [-0.25, -0.2) is 0 Å². The smallest absolute Gasteiger partial charge is 0.194 e. The van der Waals surface area contributed by atoms with E-state index in [0.717, 1.165) is 25.5 Å². The monoisotopic (exact) mass is 185 g/mol. The molecule has 0 radical (unpaired) electrons. The van der Waals surface area contributed by atoms with Crippen LogP contribution in [0.4, 0.5) is 0 Å². The molecule has 0 saturated heterocycles. The summed E-state index contributed by atoms with van der Waals surface area (Å²) in [7, 11) is 2.00. The Kier molecular flexibility index (Phi) is 3.54. The molecule has 76 valence electrons. The lowest BCUT2D eigenvalue weighted by molar-refractivity contribution is 0.138. The molecule has 0 aromatic heterocycles. The fraction of sp³-hybridized carbons (Fsp3) is 0.889. The fourth-order valence-corrected chi connectivity index (χ4v) is 1.34. The molecule has 4 nitrogen and oxygen atoms in total. The number of nitrogens with zero attached hydrogens (tertiary/aromatic N) is 2. The molecule has 0 bridgehead atoms. The van der Waals surface area contributed by atoms with Crippen molar-refractivity contribution in [3.8, 4) is 0 Å². The number of aliphatic imine (C=N–C) groups is 1. The van der Waals surface area contributed by atoms with E-state index in [4.69, 9.17) is 0 Å². The van der Waals surface area contributed by atoms with Crippen LogP contribution in [-0.4, -0.2) is 48.2 Å². The molecule has 0 aromatic rings. The molecule has 0 aliphatic carbocycles. The number of aliphatic hydroxyl groups is 1. The first-order chi connectivity index (χ1) is 6.15. The number of nitrogens with one attached hydrogen (secondary N) is 1. The predicted molar refractivity (Wildman–Crippen MR) is 53.8 cm³/mol. The van der Waals surface area contributed by atoms with Gasteiger partial charge in [-0.1, -0.05) is 6.92 Å². The van der Waals surface area contributed by atoms with Crippen LogP contribution in [0.1, 0.15) is 20.3 Å². The molecule has 2 atom stereocenters. The Labute approximate surface area is 79.7 Å². The van der Waals surface area contributed by atoms with Gasteiger partial charge in [-0.2, -0.15) is 0 Å². The average Bonchev–Trinajstić information content (AvgIpc) is 2.50. The lowest BCUT2D eigenvalue weighted by Crippen LogP contribution is -2.45. The fourth-order valence-electron chi connectivity index (χ4n) is 1.34. The highest BCUT2D eigenvalue weighted by molar-refractivity contribution is 5.81. The van der Waals surface area contributed by atoms with Gasteiger partial charge in [0.15, 0.2) is 5.96 Å². The number of hydrogen-bond donors (Lipinski definition) is 2. The molecule has 2 N–H and O–H groups in total. The summed E-state index contributed by atoms with van der Waals surface area (Å²) >= 11 is 0. The molecule has 4 heteroatoms. The Morgan fingerprint density at radius 2 is 2.38 bits per heavy atom. The second kappa shape index (κ2) is 4.46. The number of hydrogen-bond acceptors (Lipinski definition) is 4. The highest BCUT2D eigenvalue weighted by Crippen LogP contribution is 2.01. The Morgan fingerprint density at radius 1 is 1.69 bits per heavy atom. The van der Waals surface area contributed by atoms with E-state index in [1.165, 1.54) is 0 Å². The second-order valence-electron chi connectivity index (χ2n) is 3.54. The van der Waals surface area contributed by atoms with E-state index in [2.05, 4.69) is 15.2 Å². The van der Waals surface area contributed by atoms with Crippen molar-refractivity contribution in [2.45, 2.75) is 32.4 Å². The van der Waals surface area contributed by atoms with Crippen molar-refractivity contribution in [3.05, 3.63) is 0 Å². The lowest BCUT2D eigenvalue weighted by Gasteiger charge is -2.23. The summed E-state index contributed by atoms with van der Waals surface area (Å²) in [5, 5.41) is 12.7. The molecular formula is C9H19N3O. The molecule has 1 aliphatic rings. The van der Waals surface area contributed by atoms with E-state index in [-0.39, 0.29) is 12.1 Å². The summed E-state index contributed by atoms with van der Waals surface area (Å²) in [6.07, 6.45) is 0.474. The molecule has 2 unspecified atom stereocenters. The van der Waals surface area contributed by atoms with Crippen molar-refractivity contribution in [2.24, 2.45) is 4.99 Å². The van der Waals surface area contributed by atoms with Crippen LogP contribution in [0.5, 0.6) is 0 Å². The molecule has 0 aromatic carbocycles. The number of guanidine groups is 1. The standard InChI is InChI=1S/C9H19N3O/c1-4-8(13)7(2)11-9-10-5-6-12(9)3/h7-8,13H,4-6H2,1-3H3,(H,10,11). The maximum atomic E-state index is 9.54. The van der Waals surface area contributed by atoms with Crippen LogP contribution in [0.2, 0.25) is 0 Å². The summed E-state index contributed by atoms with van der Waals surface area (Å²) in [6, 6.07) is 0.0734. The number of rotatable bonds is 3. The van der Waals surface area contributed by atoms with Gasteiger partial charge in [0.25, 0.3) is 0 Å². The van der Waals surface area contributed by atoms with Gasteiger partial charge in [-0.05, 0) is 13.3 Å². The predicted octanol–water partition coefficient (Wildman–Crippen LogP) is 0.0368. The minimum absolute atomic E-state index is 0.0734. The SMILES string of the molecule is CCC(O)C(C)NC1=NCCN1C. The summed E-state index contributed by atoms with van der Waals surface area (Å²) < 4.78 is 0. The van der Waals surface area contributed by atoms with Gasteiger partial charge in [0.1, 0.15) is 0 Å². The van der Waals surface area contributed by atoms with E-state index in [0.29, 0.717) is 0 Å². The first-order valence-electron chi connectivity index (χ1n) is 4.85. The van der Waals surface area contributed by atoms with E-state index >= 15 is 0 Å². The largest absolute Gasteiger partial charge is 0.391 e. The summed E-state index contributed by atoms with van der Waals surface area (Å²) in [6.45, 7) is 5.77. The van der Waals surface area contributed by atoms with E-state index < -0.39 is 0 Å². The normalized spacial score (nSPS) is 21.2. The third-order valence-electron chi connectivity index (χ3n) is 2.41. The van der Waals surface area contributed by atoms with Crippen molar-refractivity contribution >= 4 is 5.96 Å². The van der Waals surface area contributed by atoms with Gasteiger partial charge in [-0.3, -0.25) is 4.99 Å². The maximum Gasteiger partial charge on any atom is 0.194 e. The average molecular weight is 185 g/mol. The van der Waals surface area contributed by atoms with Gasteiger partial charge in [0.05, 0.1) is 18.7 Å². The van der Waals surface area contributed by atoms with Crippen LogP contribution in [0, 0.1) is 0 Å². The zero-order valence-electron chi connectivity index (χ0n) is 8.62. The molecular weight excluding hydrogens is 166 g/mol. The van der Waals surface area contributed by atoms with Crippen molar-refractivity contribution in [3.63, 3.8) is 0 Å². The minimum atomic E-state index is -0.295. The van der Waals surface area contributed by atoms with Gasteiger partial charge in [-0.15, -0.1) is 0 Å². The van der Waals surface area contributed by atoms with Crippen LogP contribution >= 0.6 is 0 Å². The lowest BCUT2D eigenvalue weighted by atomic mass is 10.1. The van der Waals surface area contributed by atoms with Crippen molar-refractivity contribution < 1.29 is 5.11 Å². The summed E-state index contributed by atoms with van der Waals surface area (Å²) in [5.74, 6) is 0.903.